The highest BCUT2D eigenvalue weighted by atomic mass is 15.1. The van der Waals surface area contributed by atoms with Gasteiger partial charge in [0.05, 0.1) is 22.2 Å². The Morgan fingerprint density at radius 3 is 1.60 bits per heavy atom. The molecular weight excluding hydrogens is 691 g/mol. The van der Waals surface area contributed by atoms with Gasteiger partial charge >= 0.3 is 0 Å². The minimum atomic E-state index is 1.11. The average molecular weight is 728 g/mol. The van der Waals surface area contributed by atoms with Crippen molar-refractivity contribution in [2.45, 2.75) is 0 Å². The Bertz CT molecular complexity index is 3190. The molecule has 0 N–H and O–H groups in total. The molecule has 3 heteroatoms. The maximum atomic E-state index is 2.38. The molecule has 9 aromatic carbocycles. The Kier molecular flexibility index (Phi) is 7.82. The van der Waals surface area contributed by atoms with E-state index >= 15 is 0 Å². The van der Waals surface area contributed by atoms with E-state index in [2.05, 4.69) is 239 Å². The molecule has 57 heavy (non-hydrogen) atoms. The Balaban J connectivity index is 0.964. The van der Waals surface area contributed by atoms with Gasteiger partial charge < -0.3 is 14.0 Å². The van der Waals surface area contributed by atoms with Crippen molar-refractivity contribution in [2.24, 2.45) is 0 Å². The van der Waals surface area contributed by atoms with Gasteiger partial charge in [-0.15, -0.1) is 0 Å². The van der Waals surface area contributed by atoms with Crippen molar-refractivity contribution >= 4 is 60.5 Å². The lowest BCUT2D eigenvalue weighted by Crippen LogP contribution is -2.10. The molecule has 0 saturated heterocycles. The van der Waals surface area contributed by atoms with Gasteiger partial charge in [0.2, 0.25) is 0 Å². The van der Waals surface area contributed by atoms with Crippen molar-refractivity contribution in [1.82, 2.24) is 9.13 Å². The SMILES string of the molecule is c1ccc(-c2ccc(N(c3ccc(-c4ccc(-n5ccc6ccc7c(c8ccccc8n7-c7ccccc7)c65)cc4)cc3)c3cccc4ccccc34)cc2)cc1. The van der Waals surface area contributed by atoms with Crippen LogP contribution in [0, 0.1) is 0 Å². The molecule has 2 heterocycles. The highest BCUT2D eigenvalue weighted by molar-refractivity contribution is 6.20. The highest BCUT2D eigenvalue weighted by Crippen LogP contribution is 2.41. The maximum absolute atomic E-state index is 2.38. The molecule has 0 fully saturated rings. The second-order valence-corrected chi connectivity index (χ2v) is 14.6. The van der Waals surface area contributed by atoms with Gasteiger partial charge in [-0.1, -0.05) is 146 Å². The number of para-hydroxylation sites is 2. The van der Waals surface area contributed by atoms with Crippen molar-refractivity contribution < 1.29 is 0 Å². The van der Waals surface area contributed by atoms with Crippen LogP contribution in [-0.2, 0) is 0 Å². The number of benzene rings is 9. The summed E-state index contributed by atoms with van der Waals surface area (Å²) in [6.07, 6.45) is 2.21. The Labute approximate surface area is 331 Å². The molecule has 2 aromatic heterocycles. The van der Waals surface area contributed by atoms with E-state index in [9.17, 15) is 0 Å². The van der Waals surface area contributed by atoms with E-state index in [0.717, 1.165) is 28.4 Å². The molecule has 0 saturated carbocycles. The molecule has 0 atom stereocenters. The fourth-order valence-corrected chi connectivity index (χ4v) is 8.63. The summed E-state index contributed by atoms with van der Waals surface area (Å²) in [5.41, 5.74) is 14.1. The molecular formula is C54H37N3. The monoisotopic (exact) mass is 727 g/mol. The first-order valence-electron chi connectivity index (χ1n) is 19.5. The number of aromatic nitrogens is 2. The third-order valence-electron chi connectivity index (χ3n) is 11.3. The molecule has 11 aromatic rings. The van der Waals surface area contributed by atoms with E-state index in [0.29, 0.717) is 0 Å². The van der Waals surface area contributed by atoms with Gasteiger partial charge in [0, 0.05) is 50.5 Å². The van der Waals surface area contributed by atoms with E-state index in [1.165, 1.54) is 65.7 Å². The minimum Gasteiger partial charge on any atom is -0.316 e. The normalized spacial score (nSPS) is 11.5. The molecule has 0 radical (unpaired) electrons. The van der Waals surface area contributed by atoms with Crippen LogP contribution in [0.1, 0.15) is 0 Å². The Morgan fingerprint density at radius 2 is 0.895 bits per heavy atom. The zero-order valence-corrected chi connectivity index (χ0v) is 31.2. The first-order chi connectivity index (χ1) is 28.3. The van der Waals surface area contributed by atoms with Crippen LogP contribution in [-0.4, -0.2) is 9.13 Å². The van der Waals surface area contributed by atoms with E-state index in [1.807, 2.05) is 0 Å². The molecule has 0 spiro atoms. The van der Waals surface area contributed by atoms with E-state index in [1.54, 1.807) is 0 Å². The second kappa shape index (κ2) is 13.6. The van der Waals surface area contributed by atoms with Gasteiger partial charge in [-0.3, -0.25) is 0 Å². The summed E-state index contributed by atoms with van der Waals surface area (Å²) in [6.45, 7) is 0. The van der Waals surface area contributed by atoms with Crippen LogP contribution in [0.4, 0.5) is 17.1 Å². The van der Waals surface area contributed by atoms with Crippen LogP contribution in [0.2, 0.25) is 0 Å². The summed E-state index contributed by atoms with van der Waals surface area (Å²) >= 11 is 0. The van der Waals surface area contributed by atoms with E-state index < -0.39 is 0 Å². The van der Waals surface area contributed by atoms with E-state index in [4.69, 9.17) is 0 Å². The summed E-state index contributed by atoms with van der Waals surface area (Å²) in [7, 11) is 0. The largest absolute Gasteiger partial charge is 0.316 e. The molecule has 0 bridgehead atoms. The molecule has 0 aliphatic carbocycles. The average Bonchev–Trinajstić information content (AvgIpc) is 3.87. The second-order valence-electron chi connectivity index (χ2n) is 14.6. The fourth-order valence-electron chi connectivity index (χ4n) is 8.63. The van der Waals surface area contributed by atoms with Crippen LogP contribution < -0.4 is 4.90 Å². The zero-order chi connectivity index (χ0) is 37.7. The van der Waals surface area contributed by atoms with Crippen LogP contribution in [0.15, 0.2) is 225 Å². The fraction of sp³-hybridized carbons (Fsp3) is 0. The summed E-state index contributed by atoms with van der Waals surface area (Å²) in [4.78, 5) is 2.37. The van der Waals surface area contributed by atoms with Crippen molar-refractivity contribution in [3.63, 3.8) is 0 Å². The quantitative estimate of drug-likeness (QED) is 0.159. The lowest BCUT2D eigenvalue weighted by atomic mass is 10.0. The maximum Gasteiger partial charge on any atom is 0.0628 e. The van der Waals surface area contributed by atoms with Crippen LogP contribution in [0.3, 0.4) is 0 Å². The van der Waals surface area contributed by atoms with Gasteiger partial charge in [0.25, 0.3) is 0 Å². The van der Waals surface area contributed by atoms with Gasteiger partial charge in [-0.25, -0.2) is 0 Å². The Hall–Kier alpha value is -7.62. The molecule has 0 amide bonds. The summed E-state index contributed by atoms with van der Waals surface area (Å²) in [5.74, 6) is 0. The number of nitrogens with zero attached hydrogens (tertiary/aromatic N) is 3. The summed E-state index contributed by atoms with van der Waals surface area (Å²) in [6, 6.07) is 78.8. The summed E-state index contributed by atoms with van der Waals surface area (Å²) in [5, 5.41) is 6.18. The van der Waals surface area contributed by atoms with Crippen LogP contribution >= 0.6 is 0 Å². The topological polar surface area (TPSA) is 13.1 Å². The third kappa shape index (κ3) is 5.60. The number of rotatable bonds is 7. The van der Waals surface area contributed by atoms with Crippen molar-refractivity contribution in [3.05, 3.63) is 225 Å². The van der Waals surface area contributed by atoms with Crippen LogP contribution in [0.25, 0.3) is 77.1 Å². The van der Waals surface area contributed by atoms with Crippen molar-refractivity contribution in [2.75, 3.05) is 4.90 Å². The molecule has 268 valence electrons. The number of hydrogen-bond acceptors (Lipinski definition) is 1. The number of hydrogen-bond donors (Lipinski definition) is 0. The molecule has 0 aliphatic heterocycles. The minimum absolute atomic E-state index is 1.11. The smallest absolute Gasteiger partial charge is 0.0628 e. The molecule has 3 nitrogen and oxygen atoms in total. The van der Waals surface area contributed by atoms with Crippen molar-refractivity contribution in [1.29, 1.82) is 0 Å². The first-order valence-corrected chi connectivity index (χ1v) is 19.5. The third-order valence-corrected chi connectivity index (χ3v) is 11.3. The van der Waals surface area contributed by atoms with Gasteiger partial charge in [0.1, 0.15) is 0 Å². The van der Waals surface area contributed by atoms with Gasteiger partial charge in [0.15, 0.2) is 0 Å². The van der Waals surface area contributed by atoms with Gasteiger partial charge in [-0.2, -0.15) is 0 Å². The Morgan fingerprint density at radius 1 is 0.333 bits per heavy atom. The zero-order valence-electron chi connectivity index (χ0n) is 31.2. The van der Waals surface area contributed by atoms with Gasteiger partial charge in [-0.05, 0) is 100 Å². The lowest BCUT2D eigenvalue weighted by molar-refractivity contribution is 1.13. The number of fused-ring (bicyclic) bond motifs is 6. The molecule has 0 aliphatic rings. The molecule has 0 unspecified atom stereocenters. The highest BCUT2D eigenvalue weighted by Gasteiger charge is 2.18. The molecule has 11 rings (SSSR count). The standard InChI is InChI=1S/C54H37N3/c1-3-12-38(13-4-1)39-24-31-46(32-25-39)56(50-21-11-15-42-14-7-8-18-48(42)50)47-33-26-41(27-34-47)40-22-29-44(30-23-40)55-37-36-43-28-35-52-53(54(43)55)49-19-9-10-20-51(49)57(52)45-16-5-2-6-17-45/h1-37H. The van der Waals surface area contributed by atoms with E-state index in [-0.39, 0.29) is 0 Å². The summed E-state index contributed by atoms with van der Waals surface area (Å²) < 4.78 is 4.73. The first kappa shape index (κ1) is 32.8. The number of anilines is 3. The predicted molar refractivity (Wildman–Crippen MR) is 241 cm³/mol. The van der Waals surface area contributed by atoms with Crippen LogP contribution in [0.5, 0.6) is 0 Å². The predicted octanol–water partition coefficient (Wildman–Crippen LogP) is 14.7. The lowest BCUT2D eigenvalue weighted by Gasteiger charge is -2.27. The van der Waals surface area contributed by atoms with Crippen molar-refractivity contribution in [3.8, 4) is 33.6 Å².